The van der Waals surface area contributed by atoms with Gasteiger partial charge in [-0.2, -0.15) is 0 Å². The van der Waals surface area contributed by atoms with Crippen LogP contribution in [-0.4, -0.2) is 41.1 Å². The van der Waals surface area contributed by atoms with Crippen LogP contribution in [0.25, 0.3) is 0 Å². The summed E-state index contributed by atoms with van der Waals surface area (Å²) < 4.78 is 9.75. The van der Waals surface area contributed by atoms with Crippen molar-refractivity contribution in [2.45, 2.75) is 19.9 Å². The Labute approximate surface area is 143 Å². The molecule has 0 aliphatic carbocycles. The van der Waals surface area contributed by atoms with Crippen LogP contribution in [0.15, 0.2) is 34.9 Å². The number of hydrogen-bond acceptors (Lipinski definition) is 6. The SMILES string of the molecule is Cc1noc(C)c1C(=O)NC(CN1C(=O)COC1=O)c1ccccc1. The molecule has 0 radical (unpaired) electrons. The summed E-state index contributed by atoms with van der Waals surface area (Å²) in [5.41, 5.74) is 1.57. The van der Waals surface area contributed by atoms with E-state index in [4.69, 9.17) is 9.26 Å². The standard InChI is InChI=1S/C17H17N3O5/c1-10-15(11(2)25-19-10)16(22)18-13(12-6-4-3-5-7-12)8-20-14(21)9-24-17(20)23/h3-7,13H,8-9H2,1-2H3,(H,18,22). The van der Waals surface area contributed by atoms with Gasteiger partial charge in [-0.3, -0.25) is 9.59 Å². The van der Waals surface area contributed by atoms with Gasteiger partial charge in [-0.05, 0) is 19.4 Å². The van der Waals surface area contributed by atoms with E-state index in [9.17, 15) is 14.4 Å². The summed E-state index contributed by atoms with van der Waals surface area (Å²) in [4.78, 5) is 37.2. The maximum absolute atomic E-state index is 12.6. The molecule has 0 spiro atoms. The number of carbonyl (C=O) groups excluding carboxylic acids is 3. The van der Waals surface area contributed by atoms with Crippen LogP contribution in [0.2, 0.25) is 0 Å². The van der Waals surface area contributed by atoms with Crippen LogP contribution in [-0.2, 0) is 9.53 Å². The minimum atomic E-state index is -0.711. The van der Waals surface area contributed by atoms with Gasteiger partial charge in [-0.25, -0.2) is 9.69 Å². The first kappa shape index (κ1) is 16.7. The number of aromatic nitrogens is 1. The lowest BCUT2D eigenvalue weighted by Crippen LogP contribution is -2.40. The van der Waals surface area contributed by atoms with Crippen LogP contribution >= 0.6 is 0 Å². The van der Waals surface area contributed by atoms with Crippen LogP contribution in [0.1, 0.15) is 33.4 Å². The van der Waals surface area contributed by atoms with Gasteiger partial charge in [0.25, 0.3) is 11.8 Å². The van der Waals surface area contributed by atoms with E-state index in [-0.39, 0.29) is 19.1 Å². The van der Waals surface area contributed by atoms with Crippen LogP contribution in [0.5, 0.6) is 0 Å². The van der Waals surface area contributed by atoms with E-state index < -0.39 is 18.0 Å². The van der Waals surface area contributed by atoms with Crippen molar-refractivity contribution in [1.29, 1.82) is 0 Å². The first-order chi connectivity index (χ1) is 12.0. The molecule has 130 valence electrons. The molecule has 1 saturated heterocycles. The number of nitrogens with one attached hydrogen (secondary N) is 1. The Morgan fingerprint density at radius 3 is 2.56 bits per heavy atom. The Morgan fingerprint density at radius 2 is 2.00 bits per heavy atom. The van der Waals surface area contributed by atoms with Gasteiger partial charge in [0.2, 0.25) is 0 Å². The van der Waals surface area contributed by atoms with Crippen molar-refractivity contribution in [2.24, 2.45) is 0 Å². The Hall–Kier alpha value is -3.16. The second-order valence-electron chi connectivity index (χ2n) is 5.69. The number of hydrogen-bond donors (Lipinski definition) is 1. The van der Waals surface area contributed by atoms with Crippen molar-refractivity contribution in [1.82, 2.24) is 15.4 Å². The summed E-state index contributed by atoms with van der Waals surface area (Å²) >= 11 is 0. The highest BCUT2D eigenvalue weighted by atomic mass is 16.6. The Morgan fingerprint density at radius 1 is 1.28 bits per heavy atom. The average Bonchev–Trinajstić information content (AvgIpc) is 3.10. The fraction of sp³-hybridized carbons (Fsp3) is 0.294. The number of rotatable bonds is 5. The second kappa shape index (κ2) is 6.76. The third-order valence-corrected chi connectivity index (χ3v) is 3.97. The van der Waals surface area contributed by atoms with Crippen LogP contribution in [0.3, 0.4) is 0 Å². The Kier molecular flexibility index (Phi) is 4.51. The predicted molar refractivity (Wildman–Crippen MR) is 85.7 cm³/mol. The lowest BCUT2D eigenvalue weighted by Gasteiger charge is -2.22. The molecule has 8 nitrogen and oxygen atoms in total. The molecular formula is C17H17N3O5. The maximum Gasteiger partial charge on any atom is 0.417 e. The summed E-state index contributed by atoms with van der Waals surface area (Å²) in [6.07, 6.45) is -0.711. The summed E-state index contributed by atoms with van der Waals surface area (Å²) in [7, 11) is 0. The third-order valence-electron chi connectivity index (χ3n) is 3.97. The predicted octanol–water partition coefficient (Wildman–Crippen LogP) is 1.74. The smallest absolute Gasteiger partial charge is 0.417 e. The van der Waals surface area contributed by atoms with Crippen molar-refractivity contribution >= 4 is 17.9 Å². The fourth-order valence-electron chi connectivity index (χ4n) is 2.70. The van der Waals surface area contributed by atoms with Gasteiger partial charge in [0.15, 0.2) is 6.61 Å². The quantitative estimate of drug-likeness (QED) is 0.887. The normalized spacial score (nSPS) is 15.2. The number of amides is 3. The number of benzene rings is 1. The number of aryl methyl sites for hydroxylation is 2. The van der Waals surface area contributed by atoms with Crippen molar-refractivity contribution in [3.63, 3.8) is 0 Å². The van der Waals surface area contributed by atoms with E-state index in [1.807, 2.05) is 30.3 Å². The number of nitrogens with zero attached hydrogens (tertiary/aromatic N) is 2. The van der Waals surface area contributed by atoms with E-state index in [0.29, 0.717) is 17.0 Å². The van der Waals surface area contributed by atoms with E-state index in [0.717, 1.165) is 10.5 Å². The number of imide groups is 1. The number of ether oxygens (including phenoxy) is 1. The summed E-state index contributed by atoms with van der Waals surface area (Å²) in [5.74, 6) is -0.416. The summed E-state index contributed by atoms with van der Waals surface area (Å²) in [6, 6.07) is 8.50. The molecule has 1 aromatic heterocycles. The minimum absolute atomic E-state index is 0.0171. The zero-order valence-electron chi connectivity index (χ0n) is 13.8. The van der Waals surface area contributed by atoms with Crippen LogP contribution in [0.4, 0.5) is 4.79 Å². The maximum atomic E-state index is 12.6. The van der Waals surface area contributed by atoms with Gasteiger partial charge in [-0.15, -0.1) is 0 Å². The van der Waals surface area contributed by atoms with Gasteiger partial charge in [-0.1, -0.05) is 35.5 Å². The lowest BCUT2D eigenvalue weighted by molar-refractivity contribution is -0.126. The summed E-state index contributed by atoms with van der Waals surface area (Å²) in [5, 5.41) is 6.61. The topological polar surface area (TPSA) is 102 Å². The highest BCUT2D eigenvalue weighted by Crippen LogP contribution is 2.19. The van der Waals surface area contributed by atoms with Gasteiger partial charge in [0.1, 0.15) is 11.3 Å². The van der Waals surface area contributed by atoms with Gasteiger partial charge >= 0.3 is 6.09 Å². The second-order valence-corrected chi connectivity index (χ2v) is 5.69. The molecule has 3 rings (SSSR count). The Balaban J connectivity index is 1.85. The first-order valence-corrected chi connectivity index (χ1v) is 7.73. The highest BCUT2D eigenvalue weighted by molar-refractivity contribution is 5.98. The van der Waals surface area contributed by atoms with Crippen LogP contribution < -0.4 is 5.32 Å². The fourth-order valence-corrected chi connectivity index (χ4v) is 2.70. The van der Waals surface area contributed by atoms with Gasteiger partial charge in [0, 0.05) is 0 Å². The highest BCUT2D eigenvalue weighted by Gasteiger charge is 2.34. The first-order valence-electron chi connectivity index (χ1n) is 7.73. The molecule has 1 aliphatic rings. The molecule has 0 saturated carbocycles. The van der Waals surface area contributed by atoms with E-state index in [1.54, 1.807) is 13.8 Å². The molecule has 1 aromatic carbocycles. The molecular weight excluding hydrogens is 326 g/mol. The largest absolute Gasteiger partial charge is 0.439 e. The lowest BCUT2D eigenvalue weighted by atomic mass is 10.1. The number of cyclic esters (lactones) is 1. The number of carbonyl (C=O) groups is 3. The molecule has 2 aromatic rings. The Bertz CT molecular complexity index is 779. The van der Waals surface area contributed by atoms with Crippen molar-refractivity contribution in [3.8, 4) is 0 Å². The molecule has 1 unspecified atom stereocenters. The minimum Gasteiger partial charge on any atom is -0.439 e. The van der Waals surface area contributed by atoms with Crippen LogP contribution in [0, 0.1) is 13.8 Å². The van der Waals surface area contributed by atoms with Gasteiger partial charge < -0.3 is 14.6 Å². The monoisotopic (exact) mass is 343 g/mol. The molecule has 1 atom stereocenters. The molecule has 3 amide bonds. The molecule has 8 heteroatoms. The van der Waals surface area contributed by atoms with Crippen molar-refractivity contribution < 1.29 is 23.6 Å². The molecule has 0 bridgehead atoms. The molecule has 1 aliphatic heterocycles. The molecule has 2 heterocycles. The third kappa shape index (κ3) is 3.37. The molecule has 25 heavy (non-hydrogen) atoms. The molecule has 1 fully saturated rings. The van der Waals surface area contributed by atoms with Gasteiger partial charge in [0.05, 0.1) is 18.3 Å². The van der Waals surface area contributed by atoms with E-state index >= 15 is 0 Å². The molecule has 1 N–H and O–H groups in total. The zero-order valence-corrected chi connectivity index (χ0v) is 13.8. The van der Waals surface area contributed by atoms with E-state index in [1.165, 1.54) is 0 Å². The van der Waals surface area contributed by atoms with E-state index in [2.05, 4.69) is 10.5 Å². The average molecular weight is 343 g/mol. The van der Waals surface area contributed by atoms with Crippen molar-refractivity contribution in [2.75, 3.05) is 13.2 Å². The summed E-state index contributed by atoms with van der Waals surface area (Å²) in [6.45, 7) is 3.02. The zero-order chi connectivity index (χ0) is 18.0. The van der Waals surface area contributed by atoms with Crippen molar-refractivity contribution in [3.05, 3.63) is 52.9 Å².